The van der Waals surface area contributed by atoms with Gasteiger partial charge in [-0.1, -0.05) is 43.5 Å². The largest absolute Gasteiger partial charge is 0.444 e. The SMILES string of the molecule is CC1(N)OC(=O)C2CC3CCCCC3C(C=Cc3ccc(-c4cccc(F)c4)cn3)C21. The highest BCUT2D eigenvalue weighted by Crippen LogP contribution is 2.55. The van der Waals surface area contributed by atoms with Gasteiger partial charge in [-0.25, -0.2) is 4.39 Å². The van der Waals surface area contributed by atoms with E-state index in [2.05, 4.69) is 11.1 Å². The number of benzene rings is 1. The Morgan fingerprint density at radius 3 is 2.81 bits per heavy atom. The predicted octanol–water partition coefficient (Wildman–Crippen LogP) is 5.19. The lowest BCUT2D eigenvalue weighted by molar-refractivity contribution is -0.149. The molecule has 2 N–H and O–H groups in total. The first kappa shape index (κ1) is 20.4. The number of nitrogens with zero attached hydrogens (tertiary/aromatic N) is 1. The fourth-order valence-corrected chi connectivity index (χ4v) is 6.24. The number of fused-ring (bicyclic) bond motifs is 2. The fraction of sp³-hybridized carbons (Fsp3) is 0.462. The van der Waals surface area contributed by atoms with Gasteiger partial charge in [0.05, 0.1) is 11.6 Å². The van der Waals surface area contributed by atoms with Crippen molar-refractivity contribution in [1.82, 2.24) is 4.98 Å². The summed E-state index contributed by atoms with van der Waals surface area (Å²) in [4.78, 5) is 17.1. The number of hydrogen-bond acceptors (Lipinski definition) is 4. The van der Waals surface area contributed by atoms with Crippen LogP contribution in [0.25, 0.3) is 17.2 Å². The number of hydrogen-bond donors (Lipinski definition) is 1. The van der Waals surface area contributed by atoms with Crippen LogP contribution in [0, 0.1) is 35.4 Å². The number of esters is 1. The molecule has 6 unspecified atom stereocenters. The van der Waals surface area contributed by atoms with Gasteiger partial charge < -0.3 is 4.74 Å². The summed E-state index contributed by atoms with van der Waals surface area (Å²) in [5.74, 6) is 0.817. The van der Waals surface area contributed by atoms with Crippen LogP contribution in [0.3, 0.4) is 0 Å². The molecular weight excluding hydrogens is 391 g/mol. The zero-order chi connectivity index (χ0) is 21.6. The number of nitrogens with two attached hydrogens (primary N) is 1. The summed E-state index contributed by atoms with van der Waals surface area (Å²) in [6, 6.07) is 10.4. The van der Waals surface area contributed by atoms with E-state index in [9.17, 15) is 9.18 Å². The van der Waals surface area contributed by atoms with Gasteiger partial charge in [0.1, 0.15) is 5.82 Å². The van der Waals surface area contributed by atoms with Gasteiger partial charge >= 0.3 is 5.97 Å². The molecule has 2 heterocycles. The number of pyridine rings is 1. The van der Waals surface area contributed by atoms with Crippen molar-refractivity contribution in [3.8, 4) is 11.1 Å². The van der Waals surface area contributed by atoms with E-state index in [0.717, 1.165) is 23.2 Å². The fourth-order valence-electron chi connectivity index (χ4n) is 6.24. The first-order chi connectivity index (χ1) is 14.9. The molecule has 31 heavy (non-hydrogen) atoms. The van der Waals surface area contributed by atoms with Crippen molar-refractivity contribution in [2.75, 3.05) is 0 Å². The number of aromatic nitrogens is 1. The topological polar surface area (TPSA) is 65.2 Å². The lowest BCUT2D eigenvalue weighted by atomic mass is 9.56. The molecule has 6 atom stereocenters. The van der Waals surface area contributed by atoms with E-state index in [1.165, 1.54) is 37.8 Å². The van der Waals surface area contributed by atoms with Crippen molar-refractivity contribution in [2.45, 2.75) is 44.8 Å². The van der Waals surface area contributed by atoms with E-state index < -0.39 is 5.72 Å². The Morgan fingerprint density at radius 2 is 2.03 bits per heavy atom. The Morgan fingerprint density at radius 1 is 1.19 bits per heavy atom. The van der Waals surface area contributed by atoms with Crippen LogP contribution in [-0.4, -0.2) is 16.7 Å². The monoisotopic (exact) mass is 420 g/mol. The van der Waals surface area contributed by atoms with Crippen molar-refractivity contribution in [3.63, 3.8) is 0 Å². The van der Waals surface area contributed by atoms with Crippen LogP contribution in [0.1, 0.15) is 44.7 Å². The summed E-state index contributed by atoms with van der Waals surface area (Å²) in [7, 11) is 0. The maximum absolute atomic E-state index is 13.5. The van der Waals surface area contributed by atoms with Crippen molar-refractivity contribution in [2.24, 2.45) is 35.3 Å². The molecule has 1 saturated heterocycles. The molecule has 0 bridgehead atoms. The number of ether oxygens (including phenoxy) is 1. The first-order valence-electron chi connectivity index (χ1n) is 11.3. The number of cyclic esters (lactones) is 1. The van der Waals surface area contributed by atoms with Gasteiger partial charge in [0, 0.05) is 17.7 Å². The molecule has 162 valence electrons. The Hall–Kier alpha value is -2.53. The van der Waals surface area contributed by atoms with Gasteiger partial charge in [-0.05, 0) is 67.4 Å². The zero-order valence-corrected chi connectivity index (χ0v) is 17.8. The molecule has 1 aromatic heterocycles. The van der Waals surface area contributed by atoms with Gasteiger partial charge in [0.25, 0.3) is 0 Å². The Kier molecular flexibility index (Phi) is 5.17. The Bertz CT molecular complexity index is 1000. The molecule has 2 saturated carbocycles. The molecule has 0 amide bonds. The smallest absolute Gasteiger partial charge is 0.311 e. The third-order valence-corrected chi connectivity index (χ3v) is 7.59. The van der Waals surface area contributed by atoms with Crippen LogP contribution in [0.4, 0.5) is 4.39 Å². The lowest BCUT2D eigenvalue weighted by Crippen LogP contribution is -2.51. The van der Waals surface area contributed by atoms with Crippen LogP contribution in [-0.2, 0) is 9.53 Å². The zero-order valence-electron chi connectivity index (χ0n) is 17.8. The average Bonchev–Trinajstić information content (AvgIpc) is 2.99. The van der Waals surface area contributed by atoms with Crippen molar-refractivity contribution in [1.29, 1.82) is 0 Å². The van der Waals surface area contributed by atoms with Gasteiger partial charge in [-0.2, -0.15) is 0 Å². The highest BCUT2D eigenvalue weighted by atomic mass is 19.1. The van der Waals surface area contributed by atoms with Crippen LogP contribution in [0.5, 0.6) is 0 Å². The van der Waals surface area contributed by atoms with E-state index >= 15 is 0 Å². The molecule has 3 fully saturated rings. The van der Waals surface area contributed by atoms with Crippen LogP contribution >= 0.6 is 0 Å². The maximum atomic E-state index is 13.5. The number of allylic oxidation sites excluding steroid dienone is 1. The number of carbonyl (C=O) groups excluding carboxylic acids is 1. The molecule has 2 aromatic rings. The molecule has 1 aromatic carbocycles. The molecule has 4 nitrogen and oxygen atoms in total. The molecule has 0 spiro atoms. The van der Waals surface area contributed by atoms with E-state index in [1.54, 1.807) is 12.3 Å². The van der Waals surface area contributed by atoms with E-state index in [-0.39, 0.29) is 29.5 Å². The van der Waals surface area contributed by atoms with Crippen LogP contribution < -0.4 is 5.73 Å². The van der Waals surface area contributed by atoms with Crippen LogP contribution in [0.15, 0.2) is 48.7 Å². The van der Waals surface area contributed by atoms with Gasteiger partial charge in [-0.3, -0.25) is 15.5 Å². The summed E-state index contributed by atoms with van der Waals surface area (Å²) in [6.07, 6.45) is 11.8. The minimum absolute atomic E-state index is 0.00201. The Labute approximate surface area is 182 Å². The summed E-state index contributed by atoms with van der Waals surface area (Å²) in [6.45, 7) is 1.85. The summed E-state index contributed by atoms with van der Waals surface area (Å²) < 4.78 is 19.1. The van der Waals surface area contributed by atoms with Gasteiger partial charge in [-0.15, -0.1) is 0 Å². The predicted molar refractivity (Wildman–Crippen MR) is 118 cm³/mol. The van der Waals surface area contributed by atoms with Gasteiger partial charge in [0.2, 0.25) is 0 Å². The van der Waals surface area contributed by atoms with Crippen LogP contribution in [0.2, 0.25) is 0 Å². The second-order valence-corrected chi connectivity index (χ2v) is 9.60. The second-order valence-electron chi connectivity index (χ2n) is 9.60. The summed E-state index contributed by atoms with van der Waals surface area (Å²) >= 11 is 0. The minimum Gasteiger partial charge on any atom is -0.444 e. The maximum Gasteiger partial charge on any atom is 0.311 e. The summed E-state index contributed by atoms with van der Waals surface area (Å²) in [5.41, 5.74) is 8.09. The third-order valence-electron chi connectivity index (χ3n) is 7.59. The highest BCUT2D eigenvalue weighted by molar-refractivity contribution is 5.76. The van der Waals surface area contributed by atoms with E-state index in [0.29, 0.717) is 11.8 Å². The van der Waals surface area contributed by atoms with Gasteiger partial charge in [0.15, 0.2) is 5.72 Å². The van der Waals surface area contributed by atoms with Crippen molar-refractivity contribution in [3.05, 3.63) is 60.2 Å². The number of halogens is 1. The second kappa shape index (κ2) is 7.86. The summed E-state index contributed by atoms with van der Waals surface area (Å²) in [5, 5.41) is 0. The quantitative estimate of drug-likeness (QED) is 0.694. The standard InChI is InChI=1S/C26H29FN2O2/c1-26(28)24-22(21-8-3-2-5-17(21)14-23(24)25(30)31-26)12-11-20-10-9-18(15-29-20)16-6-4-7-19(27)13-16/h4,6-7,9-13,15,17,21-24H,2-3,5,8,14,28H2,1H3. The third kappa shape index (κ3) is 3.80. The van der Waals surface area contributed by atoms with E-state index in [1.807, 2.05) is 31.2 Å². The molecular formula is C26H29FN2O2. The molecule has 5 heteroatoms. The van der Waals surface area contributed by atoms with Crippen molar-refractivity contribution < 1.29 is 13.9 Å². The molecule has 3 aliphatic rings. The molecule has 2 aliphatic carbocycles. The number of rotatable bonds is 3. The normalized spacial score (nSPS) is 34.9. The highest BCUT2D eigenvalue weighted by Gasteiger charge is 2.59. The minimum atomic E-state index is -0.923. The van der Waals surface area contributed by atoms with E-state index in [4.69, 9.17) is 10.5 Å². The molecule has 1 aliphatic heterocycles. The molecule has 5 rings (SSSR count). The average molecular weight is 421 g/mol. The first-order valence-corrected chi connectivity index (χ1v) is 11.3. The lowest BCUT2D eigenvalue weighted by Gasteiger charge is -2.47. The number of carbonyl (C=O) groups is 1. The molecule has 0 radical (unpaired) electrons. The van der Waals surface area contributed by atoms with Crippen molar-refractivity contribution >= 4 is 12.0 Å². The Balaban J connectivity index is 1.41.